The van der Waals surface area contributed by atoms with Gasteiger partial charge in [-0.1, -0.05) is 0 Å². The minimum absolute atomic E-state index is 0.0492. The van der Waals surface area contributed by atoms with Crippen LogP contribution in [0.4, 0.5) is 0 Å². The van der Waals surface area contributed by atoms with Crippen LogP contribution in [0, 0.1) is 0 Å². The van der Waals surface area contributed by atoms with E-state index in [1.54, 1.807) is 13.8 Å². The number of hydrogen-bond acceptors (Lipinski definition) is 4. The van der Waals surface area contributed by atoms with Crippen molar-refractivity contribution in [3.8, 4) is 0 Å². The number of hydrogen-bond donors (Lipinski definition) is 3. The molecule has 1 atom stereocenters. The molecule has 1 unspecified atom stereocenters. The van der Waals surface area contributed by atoms with E-state index < -0.39 is 11.4 Å². The molecule has 0 aliphatic carbocycles. The maximum Gasteiger partial charge on any atom is 0.222 e. The topological polar surface area (TPSA) is 93.5 Å². The molecule has 0 radical (unpaired) electrons. The molecule has 1 rings (SSSR count). The second-order valence-electron chi connectivity index (χ2n) is 5.01. The Labute approximate surface area is 101 Å². The Kier molecular flexibility index (Phi) is 4.89. The summed E-state index contributed by atoms with van der Waals surface area (Å²) in [6.45, 7) is 5.55. The van der Waals surface area contributed by atoms with Crippen LogP contribution in [0.15, 0.2) is 0 Å². The van der Waals surface area contributed by atoms with Crippen LogP contribution in [0.2, 0.25) is 0 Å². The van der Waals surface area contributed by atoms with Gasteiger partial charge in [0.25, 0.3) is 0 Å². The van der Waals surface area contributed by atoms with Gasteiger partial charge in [0.05, 0.1) is 13.2 Å². The van der Waals surface area contributed by atoms with Crippen molar-refractivity contribution in [2.24, 2.45) is 5.73 Å². The van der Waals surface area contributed by atoms with E-state index in [-0.39, 0.29) is 18.4 Å². The van der Waals surface area contributed by atoms with Crippen LogP contribution in [-0.2, 0) is 14.3 Å². The lowest BCUT2D eigenvalue weighted by atomic mass is 9.99. The summed E-state index contributed by atoms with van der Waals surface area (Å²) in [7, 11) is 0. The molecule has 98 valence electrons. The Morgan fingerprint density at radius 2 is 2.24 bits per heavy atom. The van der Waals surface area contributed by atoms with Crippen LogP contribution in [-0.4, -0.2) is 43.2 Å². The summed E-state index contributed by atoms with van der Waals surface area (Å²) in [6.07, 6.45) is 0.482. The van der Waals surface area contributed by atoms with Gasteiger partial charge in [0.1, 0.15) is 0 Å². The maximum atomic E-state index is 11.7. The van der Waals surface area contributed by atoms with E-state index in [1.165, 1.54) is 0 Å². The van der Waals surface area contributed by atoms with Gasteiger partial charge in [0, 0.05) is 31.0 Å². The van der Waals surface area contributed by atoms with E-state index in [0.29, 0.717) is 19.6 Å². The largest absolute Gasteiger partial charge is 0.378 e. The molecule has 0 aromatic heterocycles. The number of carbonyl (C=O) groups is 2. The summed E-state index contributed by atoms with van der Waals surface area (Å²) in [4.78, 5) is 22.6. The van der Waals surface area contributed by atoms with E-state index in [0.717, 1.165) is 6.54 Å². The molecule has 6 nitrogen and oxygen atoms in total. The van der Waals surface area contributed by atoms with Crippen molar-refractivity contribution in [2.45, 2.75) is 38.3 Å². The fourth-order valence-corrected chi connectivity index (χ4v) is 1.88. The number of morpholine rings is 1. The molecule has 6 heteroatoms. The summed E-state index contributed by atoms with van der Waals surface area (Å²) in [6, 6.07) is 0.0492. The van der Waals surface area contributed by atoms with E-state index in [2.05, 4.69) is 10.6 Å². The van der Waals surface area contributed by atoms with Gasteiger partial charge in [-0.15, -0.1) is 0 Å². The van der Waals surface area contributed by atoms with E-state index in [9.17, 15) is 9.59 Å². The summed E-state index contributed by atoms with van der Waals surface area (Å²) in [5.74, 6) is -0.520. The molecule has 1 saturated heterocycles. The molecule has 1 heterocycles. The third-order valence-corrected chi connectivity index (χ3v) is 2.52. The standard InChI is InChI=1S/C11H21N3O3/c1-11(2,6-9(12)15)14-10(16)5-8-7-17-4-3-13-8/h8,13H,3-7H2,1-2H3,(H2,12,15)(H,14,16). The highest BCUT2D eigenvalue weighted by Gasteiger charge is 2.24. The molecular formula is C11H21N3O3. The lowest BCUT2D eigenvalue weighted by Gasteiger charge is -2.28. The molecule has 0 saturated carbocycles. The lowest BCUT2D eigenvalue weighted by Crippen LogP contribution is -2.49. The first-order valence-electron chi connectivity index (χ1n) is 5.79. The summed E-state index contributed by atoms with van der Waals surface area (Å²) >= 11 is 0. The Balaban J connectivity index is 2.34. The number of carbonyl (C=O) groups excluding carboxylic acids is 2. The van der Waals surface area contributed by atoms with Crippen molar-refractivity contribution in [1.82, 2.24) is 10.6 Å². The summed E-state index contributed by atoms with van der Waals surface area (Å²) in [5.41, 5.74) is 4.52. The van der Waals surface area contributed by atoms with Gasteiger partial charge >= 0.3 is 0 Å². The van der Waals surface area contributed by atoms with Gasteiger partial charge in [0.2, 0.25) is 11.8 Å². The second-order valence-corrected chi connectivity index (χ2v) is 5.01. The SMILES string of the molecule is CC(C)(CC(N)=O)NC(=O)CC1COCCN1. The molecular weight excluding hydrogens is 222 g/mol. The van der Waals surface area contributed by atoms with Gasteiger partial charge in [-0.05, 0) is 13.8 Å². The predicted octanol–water partition coefficient (Wildman–Crippen LogP) is -0.865. The van der Waals surface area contributed by atoms with Gasteiger partial charge in [-0.25, -0.2) is 0 Å². The molecule has 17 heavy (non-hydrogen) atoms. The first-order valence-corrected chi connectivity index (χ1v) is 5.79. The van der Waals surface area contributed by atoms with Crippen LogP contribution in [0.3, 0.4) is 0 Å². The number of amides is 2. The Morgan fingerprint density at radius 1 is 1.53 bits per heavy atom. The number of rotatable bonds is 5. The minimum Gasteiger partial charge on any atom is -0.378 e. The number of primary amides is 1. The highest BCUT2D eigenvalue weighted by Crippen LogP contribution is 2.08. The zero-order valence-corrected chi connectivity index (χ0v) is 10.4. The first-order chi connectivity index (χ1) is 7.89. The molecule has 0 bridgehead atoms. The fraction of sp³-hybridized carbons (Fsp3) is 0.818. The van der Waals surface area contributed by atoms with Crippen molar-refractivity contribution >= 4 is 11.8 Å². The molecule has 4 N–H and O–H groups in total. The van der Waals surface area contributed by atoms with E-state index in [4.69, 9.17) is 10.5 Å². The van der Waals surface area contributed by atoms with Crippen LogP contribution in [0.5, 0.6) is 0 Å². The Hall–Kier alpha value is -1.14. The number of nitrogens with two attached hydrogens (primary N) is 1. The highest BCUT2D eigenvalue weighted by atomic mass is 16.5. The minimum atomic E-state index is -0.599. The predicted molar refractivity (Wildman–Crippen MR) is 63.3 cm³/mol. The smallest absolute Gasteiger partial charge is 0.222 e. The average molecular weight is 243 g/mol. The van der Waals surface area contributed by atoms with Gasteiger partial charge in [-0.2, -0.15) is 0 Å². The highest BCUT2D eigenvalue weighted by molar-refractivity contribution is 5.80. The Morgan fingerprint density at radius 3 is 2.76 bits per heavy atom. The molecule has 1 aliphatic rings. The molecule has 2 amide bonds. The zero-order valence-electron chi connectivity index (χ0n) is 10.4. The fourth-order valence-electron chi connectivity index (χ4n) is 1.88. The van der Waals surface area contributed by atoms with Crippen molar-refractivity contribution in [1.29, 1.82) is 0 Å². The molecule has 0 aromatic rings. The monoisotopic (exact) mass is 243 g/mol. The zero-order chi connectivity index (χ0) is 12.9. The van der Waals surface area contributed by atoms with Crippen LogP contribution in [0.1, 0.15) is 26.7 Å². The van der Waals surface area contributed by atoms with Gasteiger partial charge in [0.15, 0.2) is 0 Å². The Bertz CT molecular complexity index is 286. The number of ether oxygens (including phenoxy) is 1. The van der Waals surface area contributed by atoms with E-state index >= 15 is 0 Å². The quantitative estimate of drug-likeness (QED) is 0.585. The van der Waals surface area contributed by atoms with Crippen LogP contribution < -0.4 is 16.4 Å². The van der Waals surface area contributed by atoms with Crippen molar-refractivity contribution in [3.63, 3.8) is 0 Å². The average Bonchev–Trinajstić information content (AvgIpc) is 2.15. The van der Waals surface area contributed by atoms with Crippen molar-refractivity contribution in [3.05, 3.63) is 0 Å². The third-order valence-electron chi connectivity index (χ3n) is 2.52. The maximum absolute atomic E-state index is 11.7. The molecule has 0 aromatic carbocycles. The van der Waals surface area contributed by atoms with Gasteiger partial charge in [-0.3, -0.25) is 9.59 Å². The van der Waals surface area contributed by atoms with Crippen molar-refractivity contribution in [2.75, 3.05) is 19.8 Å². The normalized spacial score (nSPS) is 20.9. The number of nitrogens with one attached hydrogen (secondary N) is 2. The first kappa shape index (κ1) is 13.9. The molecule has 0 spiro atoms. The summed E-state index contributed by atoms with van der Waals surface area (Å²) < 4.78 is 5.26. The summed E-state index contributed by atoms with van der Waals surface area (Å²) in [5, 5.41) is 6.00. The molecule has 1 aliphatic heterocycles. The van der Waals surface area contributed by atoms with Crippen LogP contribution in [0.25, 0.3) is 0 Å². The second kappa shape index (κ2) is 5.97. The lowest BCUT2D eigenvalue weighted by molar-refractivity contribution is -0.125. The van der Waals surface area contributed by atoms with Crippen molar-refractivity contribution < 1.29 is 14.3 Å². The van der Waals surface area contributed by atoms with Crippen LogP contribution >= 0.6 is 0 Å². The molecule has 1 fully saturated rings. The van der Waals surface area contributed by atoms with E-state index in [1.807, 2.05) is 0 Å². The van der Waals surface area contributed by atoms with Gasteiger partial charge < -0.3 is 21.1 Å². The third kappa shape index (κ3) is 5.65.